The first kappa shape index (κ1) is 27.6. The van der Waals surface area contributed by atoms with E-state index in [0.717, 1.165) is 37.4 Å². The minimum absolute atomic E-state index is 0.104. The number of hydrogen-bond donors (Lipinski definition) is 2. The molecule has 43 heavy (non-hydrogen) atoms. The number of carbonyl (C=O) groups excluding carboxylic acids is 1. The molecule has 9 nitrogen and oxygen atoms in total. The number of fused-ring (bicyclic) bond motifs is 2. The van der Waals surface area contributed by atoms with Crippen molar-refractivity contribution in [3.63, 3.8) is 0 Å². The summed E-state index contributed by atoms with van der Waals surface area (Å²) in [5.41, 5.74) is 4.35. The van der Waals surface area contributed by atoms with Gasteiger partial charge in [0.05, 0.1) is 24.1 Å². The summed E-state index contributed by atoms with van der Waals surface area (Å²) in [5, 5.41) is 13.2. The summed E-state index contributed by atoms with van der Waals surface area (Å²) in [6.07, 6.45) is 0.786. The standard InChI is InChI=1S/C30H29F3N8OS/c1-17-21(18-2-4-20(5-3-18)39-9-6-34-7-10-39)13-22(28(32)33)23-15-41(38-25(17)23)27(29(42)37-30-35-8-11-43-30)26-24-12-19(31)14-40(24)16-36-26/h2-5,8,11,13,15-16,19,27-28,34H,6-7,9-10,12,14H2,1H3,(H,35,37,42)/t19-,27?/m1/s1. The number of halogens is 3. The number of benzene rings is 2. The Balaban J connectivity index is 1.32. The lowest BCUT2D eigenvalue weighted by molar-refractivity contribution is -0.118. The Bertz CT molecular complexity index is 1780. The van der Waals surface area contributed by atoms with Crippen LogP contribution in [0.25, 0.3) is 22.0 Å². The number of aryl methyl sites for hydroxylation is 1. The molecule has 1 saturated heterocycles. The fourth-order valence-electron chi connectivity index (χ4n) is 6.08. The first-order chi connectivity index (χ1) is 20.9. The van der Waals surface area contributed by atoms with Gasteiger partial charge in [0.15, 0.2) is 11.2 Å². The molecule has 7 rings (SSSR count). The zero-order valence-corrected chi connectivity index (χ0v) is 24.1. The van der Waals surface area contributed by atoms with Gasteiger partial charge >= 0.3 is 0 Å². The summed E-state index contributed by atoms with van der Waals surface area (Å²) >= 11 is 1.25. The van der Waals surface area contributed by atoms with Crippen molar-refractivity contribution in [2.75, 3.05) is 36.4 Å². The Morgan fingerprint density at radius 3 is 2.67 bits per heavy atom. The lowest BCUT2D eigenvalue weighted by Crippen LogP contribution is -2.43. The van der Waals surface area contributed by atoms with Gasteiger partial charge in [-0.15, -0.1) is 11.3 Å². The summed E-state index contributed by atoms with van der Waals surface area (Å²) in [4.78, 5) is 24.6. The van der Waals surface area contributed by atoms with Gasteiger partial charge in [-0.2, -0.15) is 5.10 Å². The highest BCUT2D eigenvalue weighted by molar-refractivity contribution is 7.13. The molecule has 1 fully saturated rings. The van der Waals surface area contributed by atoms with Gasteiger partial charge in [-0.1, -0.05) is 12.1 Å². The molecule has 13 heteroatoms. The lowest BCUT2D eigenvalue weighted by atomic mass is 9.95. The van der Waals surface area contributed by atoms with Gasteiger partial charge in [0.25, 0.3) is 12.3 Å². The smallest absolute Gasteiger partial charge is 0.264 e. The molecule has 0 spiro atoms. The van der Waals surface area contributed by atoms with E-state index >= 15 is 0 Å². The quantitative estimate of drug-likeness (QED) is 0.267. The van der Waals surface area contributed by atoms with E-state index in [-0.39, 0.29) is 23.9 Å². The average molecular weight is 607 g/mol. The topological polar surface area (TPSA) is 92.9 Å². The summed E-state index contributed by atoms with van der Waals surface area (Å²) < 4.78 is 46.5. The third-order valence-electron chi connectivity index (χ3n) is 8.22. The van der Waals surface area contributed by atoms with Crippen LogP contribution in [0.4, 0.5) is 24.0 Å². The number of nitrogens with zero attached hydrogens (tertiary/aromatic N) is 6. The van der Waals surface area contributed by atoms with Crippen molar-refractivity contribution in [3.8, 4) is 11.1 Å². The van der Waals surface area contributed by atoms with Gasteiger partial charge in [0.1, 0.15) is 6.17 Å². The maximum Gasteiger partial charge on any atom is 0.264 e. The van der Waals surface area contributed by atoms with Gasteiger partial charge in [-0.3, -0.25) is 14.8 Å². The van der Waals surface area contributed by atoms with E-state index in [4.69, 9.17) is 5.10 Å². The molecular formula is C30H29F3N8OS. The molecule has 2 aromatic carbocycles. The first-order valence-electron chi connectivity index (χ1n) is 14.1. The monoisotopic (exact) mass is 606 g/mol. The van der Waals surface area contributed by atoms with Crippen LogP contribution in [0, 0.1) is 6.92 Å². The number of nitrogens with one attached hydrogen (secondary N) is 2. The maximum atomic E-state index is 14.6. The van der Waals surface area contributed by atoms with Crippen LogP contribution >= 0.6 is 11.3 Å². The predicted molar refractivity (Wildman–Crippen MR) is 160 cm³/mol. The van der Waals surface area contributed by atoms with Gasteiger partial charge < -0.3 is 14.8 Å². The van der Waals surface area contributed by atoms with E-state index in [1.165, 1.54) is 34.6 Å². The normalized spacial score (nSPS) is 17.5. The van der Waals surface area contributed by atoms with E-state index in [1.54, 1.807) is 16.1 Å². The molecule has 3 aromatic heterocycles. The minimum Gasteiger partial charge on any atom is -0.369 e. The molecule has 1 unspecified atom stereocenters. The van der Waals surface area contributed by atoms with Crippen LogP contribution in [0.1, 0.15) is 35.0 Å². The Labute approximate surface area is 249 Å². The zero-order chi connectivity index (χ0) is 29.7. The molecule has 2 N–H and O–H groups in total. The molecule has 5 heterocycles. The highest BCUT2D eigenvalue weighted by Gasteiger charge is 2.35. The van der Waals surface area contributed by atoms with Gasteiger partial charge in [-0.25, -0.2) is 23.1 Å². The van der Waals surface area contributed by atoms with E-state index in [9.17, 15) is 18.0 Å². The number of thiazole rings is 1. The average Bonchev–Trinajstić information content (AvgIpc) is 3.81. The fourth-order valence-corrected chi connectivity index (χ4v) is 6.62. The number of piperazine rings is 1. The number of anilines is 2. The highest BCUT2D eigenvalue weighted by atomic mass is 32.1. The number of alkyl halides is 3. The first-order valence-corrected chi connectivity index (χ1v) is 15.0. The zero-order valence-electron chi connectivity index (χ0n) is 23.3. The molecule has 5 aromatic rings. The van der Waals surface area contributed by atoms with E-state index < -0.39 is 24.5 Å². The van der Waals surface area contributed by atoms with Crippen molar-refractivity contribution >= 4 is 39.0 Å². The van der Waals surface area contributed by atoms with Crippen LogP contribution in [-0.2, 0) is 17.8 Å². The molecule has 0 saturated carbocycles. The molecule has 0 bridgehead atoms. The molecule has 222 valence electrons. The Morgan fingerprint density at radius 1 is 1.16 bits per heavy atom. The van der Waals surface area contributed by atoms with Crippen LogP contribution in [0.2, 0.25) is 0 Å². The fraction of sp³-hybridized carbons (Fsp3) is 0.333. The third kappa shape index (κ3) is 5.06. The number of imidazole rings is 1. The summed E-state index contributed by atoms with van der Waals surface area (Å²) in [6, 6.07) is 8.32. The number of carbonyl (C=O) groups is 1. The second-order valence-corrected chi connectivity index (χ2v) is 11.7. The van der Waals surface area contributed by atoms with Crippen molar-refractivity contribution < 1.29 is 18.0 Å². The van der Waals surface area contributed by atoms with Crippen molar-refractivity contribution in [1.29, 1.82) is 0 Å². The molecular weight excluding hydrogens is 577 g/mol. The van der Waals surface area contributed by atoms with Gasteiger partial charge in [0, 0.05) is 72.7 Å². The van der Waals surface area contributed by atoms with Crippen molar-refractivity contribution in [1.82, 2.24) is 29.6 Å². The van der Waals surface area contributed by atoms with E-state index in [0.29, 0.717) is 33.2 Å². The largest absolute Gasteiger partial charge is 0.369 e. The molecule has 0 radical (unpaired) electrons. The molecule has 1 amide bonds. The summed E-state index contributed by atoms with van der Waals surface area (Å²) in [6.45, 7) is 5.63. The van der Waals surface area contributed by atoms with Crippen LogP contribution in [-0.4, -0.2) is 62.6 Å². The Morgan fingerprint density at radius 2 is 1.95 bits per heavy atom. The molecule has 2 aliphatic heterocycles. The molecule has 2 atom stereocenters. The number of hydrogen-bond acceptors (Lipinski definition) is 7. The van der Waals surface area contributed by atoms with Crippen molar-refractivity contribution in [3.05, 3.63) is 76.9 Å². The molecule has 0 aliphatic carbocycles. The van der Waals surface area contributed by atoms with Crippen LogP contribution in [0.3, 0.4) is 0 Å². The second-order valence-electron chi connectivity index (χ2n) is 10.9. The highest BCUT2D eigenvalue weighted by Crippen LogP contribution is 2.38. The van der Waals surface area contributed by atoms with Crippen LogP contribution in [0.5, 0.6) is 0 Å². The van der Waals surface area contributed by atoms with Crippen LogP contribution in [0.15, 0.2) is 54.4 Å². The number of aromatic nitrogens is 5. The number of rotatable bonds is 7. The van der Waals surface area contributed by atoms with E-state index in [2.05, 4.69) is 25.5 Å². The lowest BCUT2D eigenvalue weighted by Gasteiger charge is -2.29. The van der Waals surface area contributed by atoms with E-state index in [1.807, 2.05) is 31.2 Å². The maximum absolute atomic E-state index is 14.6. The third-order valence-corrected chi connectivity index (χ3v) is 8.91. The SMILES string of the molecule is Cc1c(-c2ccc(N3CCNCC3)cc2)cc(C(F)F)c2cn(C(C(=O)Nc3nccs3)c3ncn4c3C[C@@H](F)C4)nc12. The molecule has 2 aliphatic rings. The van der Waals surface area contributed by atoms with Gasteiger partial charge in [-0.05, 0) is 41.8 Å². The second kappa shape index (κ2) is 11.1. The van der Waals surface area contributed by atoms with Crippen molar-refractivity contribution in [2.45, 2.75) is 38.5 Å². The Kier molecular flexibility index (Phi) is 7.14. The number of amides is 1. The Hall–Kier alpha value is -4.23. The summed E-state index contributed by atoms with van der Waals surface area (Å²) in [7, 11) is 0. The van der Waals surface area contributed by atoms with Gasteiger partial charge in [0.2, 0.25) is 0 Å². The summed E-state index contributed by atoms with van der Waals surface area (Å²) in [5.74, 6) is -0.494. The van der Waals surface area contributed by atoms with Crippen molar-refractivity contribution in [2.24, 2.45) is 0 Å². The minimum atomic E-state index is -2.77. The van der Waals surface area contributed by atoms with Crippen LogP contribution < -0.4 is 15.5 Å². The predicted octanol–water partition coefficient (Wildman–Crippen LogP) is 5.13.